The third kappa shape index (κ3) is 6.12. The first kappa shape index (κ1) is 39.0. The van der Waals surface area contributed by atoms with E-state index < -0.39 is 80.4 Å². The molecule has 4 aliphatic carbocycles. The largest absolute Gasteiger partial charge is 0.394 e. The molecule has 0 aromatic rings. The maximum absolute atomic E-state index is 14.5. The highest BCUT2D eigenvalue weighted by Crippen LogP contribution is 2.70. The average molecular weight is 755 g/mol. The van der Waals surface area contributed by atoms with E-state index in [9.17, 15) is 40.5 Å². The van der Waals surface area contributed by atoms with Crippen molar-refractivity contribution in [2.45, 2.75) is 165 Å². The van der Waals surface area contributed by atoms with Crippen LogP contribution in [0.5, 0.6) is 0 Å². The molecule has 302 valence electrons. The predicted octanol–water partition coefficient (Wildman–Crippen LogP) is 0.621. The third-order valence-electron chi connectivity index (χ3n) is 15.9. The van der Waals surface area contributed by atoms with Crippen LogP contribution in [0.3, 0.4) is 0 Å². The van der Waals surface area contributed by atoms with Gasteiger partial charge in [-0.05, 0) is 85.4 Å². The van der Waals surface area contributed by atoms with Crippen molar-refractivity contribution in [2.24, 2.45) is 52.3 Å². The van der Waals surface area contributed by atoms with E-state index >= 15 is 0 Å². The molecule has 4 heterocycles. The van der Waals surface area contributed by atoms with Crippen LogP contribution in [0.2, 0.25) is 0 Å². The van der Waals surface area contributed by atoms with Crippen molar-refractivity contribution >= 4 is 5.78 Å². The summed E-state index contributed by atoms with van der Waals surface area (Å²) >= 11 is 0. The summed E-state index contributed by atoms with van der Waals surface area (Å²) in [5.41, 5.74) is -0.288. The Morgan fingerprint density at radius 2 is 1.47 bits per heavy atom. The van der Waals surface area contributed by atoms with Gasteiger partial charge in [-0.3, -0.25) is 4.79 Å². The molecule has 0 radical (unpaired) electrons. The van der Waals surface area contributed by atoms with Gasteiger partial charge in [0.1, 0.15) is 54.6 Å². The molecular weight excluding hydrogens is 692 g/mol. The van der Waals surface area contributed by atoms with Crippen molar-refractivity contribution in [3.05, 3.63) is 0 Å². The van der Waals surface area contributed by atoms with E-state index in [1.165, 1.54) is 0 Å². The normalized spacial score (nSPS) is 58.2. The Morgan fingerprint density at radius 3 is 2.17 bits per heavy atom. The molecule has 0 bridgehead atoms. The van der Waals surface area contributed by atoms with Crippen molar-refractivity contribution < 1.29 is 69.0 Å². The lowest BCUT2D eigenvalue weighted by Crippen LogP contribution is -2.65. The Balaban J connectivity index is 0.911. The van der Waals surface area contributed by atoms with Gasteiger partial charge in [0.25, 0.3) is 0 Å². The zero-order valence-electron chi connectivity index (χ0n) is 31.4. The second-order valence-corrected chi connectivity index (χ2v) is 18.7. The Morgan fingerprint density at radius 1 is 0.774 bits per heavy atom. The van der Waals surface area contributed by atoms with Crippen molar-refractivity contribution in [3.8, 4) is 0 Å². The summed E-state index contributed by atoms with van der Waals surface area (Å²) in [6, 6.07) is 0. The summed E-state index contributed by atoms with van der Waals surface area (Å²) < 4.78 is 36.8. The fourth-order valence-electron chi connectivity index (χ4n) is 13.0. The molecule has 4 saturated carbocycles. The van der Waals surface area contributed by atoms with E-state index in [0.717, 1.165) is 45.1 Å². The lowest BCUT2D eigenvalue weighted by molar-refractivity contribution is -0.364. The van der Waals surface area contributed by atoms with Gasteiger partial charge in [0.05, 0.1) is 32.0 Å². The number of carbonyl (C=O) groups excluding carboxylic acids is 1. The number of aliphatic hydroxyl groups is 7. The number of ether oxygens (including phenoxy) is 6. The first-order valence-corrected chi connectivity index (χ1v) is 20.2. The summed E-state index contributed by atoms with van der Waals surface area (Å²) in [6.45, 7) is 8.63. The summed E-state index contributed by atoms with van der Waals surface area (Å²) in [6.07, 6.45) is -7.48. The second-order valence-electron chi connectivity index (χ2n) is 18.7. The Labute approximate surface area is 311 Å². The zero-order chi connectivity index (χ0) is 37.8. The molecule has 3 unspecified atom stereocenters. The Bertz CT molecular complexity index is 1340. The number of rotatable bonds is 6. The SMILES string of the molecule is CC1C2C(C[C@H]3[C@@H]4CC[C@H]5C[C@@H](O[C@@H]6O[C@H](CO)[C@@H](O[C@@H]7O[C@H](CO)[C@H](O)[C@H](O)[C@H]7O)[C@H](O)[C@H]6O)CC[C@]5(C)[C@H]4C(=O)C[C@]23C)O[C@]12CC[C@@H](C)CO2. The van der Waals surface area contributed by atoms with Gasteiger partial charge >= 0.3 is 0 Å². The first-order chi connectivity index (χ1) is 25.2. The molecule has 8 aliphatic rings. The minimum absolute atomic E-state index is 0.0208. The first-order valence-electron chi connectivity index (χ1n) is 20.2. The smallest absolute Gasteiger partial charge is 0.187 e. The number of Topliss-reactive ketones (excluding diaryl/α,β-unsaturated/α-hetero) is 1. The molecule has 53 heavy (non-hydrogen) atoms. The summed E-state index contributed by atoms with van der Waals surface area (Å²) in [7, 11) is 0. The number of ketones is 1. The maximum Gasteiger partial charge on any atom is 0.187 e. The highest BCUT2D eigenvalue weighted by atomic mass is 16.7. The van der Waals surface area contributed by atoms with Crippen LogP contribution in [0.15, 0.2) is 0 Å². The summed E-state index contributed by atoms with van der Waals surface area (Å²) in [5, 5.41) is 72.7. The van der Waals surface area contributed by atoms with Crippen LogP contribution >= 0.6 is 0 Å². The standard InChI is InChI=1S/C39H62O14/c1-17-7-10-39(48-16-17)18(2)27-24(53-39)12-22-21-6-5-19-11-20(8-9-37(19,3)28(21)23(42)13-38(22,27)4)49-35-33(47)31(45)34(26(15-41)51-35)52-36-32(46)30(44)29(43)25(14-40)50-36/h17-22,24-36,40-41,43-47H,5-16H2,1-4H3/t17-,18?,19+,20+,21+,22+,24?,25-,26-,27?,28-,29+,30+,31-,32-,33-,34-,35-,36+,37+,38+,39-/m1/s1. The molecule has 7 N–H and O–H groups in total. The highest BCUT2D eigenvalue weighted by Gasteiger charge is 2.71. The third-order valence-corrected chi connectivity index (χ3v) is 15.9. The monoisotopic (exact) mass is 754 g/mol. The molecule has 4 saturated heterocycles. The molecule has 4 aliphatic heterocycles. The predicted molar refractivity (Wildman–Crippen MR) is 183 cm³/mol. The van der Waals surface area contributed by atoms with E-state index in [4.69, 9.17) is 28.4 Å². The van der Waals surface area contributed by atoms with Crippen LogP contribution in [0, 0.1) is 52.3 Å². The molecule has 8 rings (SSSR count). The Hall–Kier alpha value is -0.850. The number of fused-ring (bicyclic) bond motifs is 7. The number of hydrogen-bond acceptors (Lipinski definition) is 14. The topological polar surface area (TPSA) is 214 Å². The minimum atomic E-state index is -1.74. The van der Waals surface area contributed by atoms with Gasteiger partial charge in [0.2, 0.25) is 0 Å². The van der Waals surface area contributed by atoms with E-state index in [-0.39, 0.29) is 40.8 Å². The van der Waals surface area contributed by atoms with Crippen molar-refractivity contribution in [3.63, 3.8) is 0 Å². The van der Waals surface area contributed by atoms with Gasteiger partial charge in [-0.15, -0.1) is 0 Å². The molecule has 0 aromatic heterocycles. The zero-order valence-corrected chi connectivity index (χ0v) is 31.4. The van der Waals surface area contributed by atoms with Crippen LogP contribution in [-0.2, 0) is 33.2 Å². The molecule has 14 nitrogen and oxygen atoms in total. The van der Waals surface area contributed by atoms with Gasteiger partial charge in [-0.25, -0.2) is 0 Å². The fraction of sp³-hybridized carbons (Fsp3) is 0.974. The van der Waals surface area contributed by atoms with Crippen LogP contribution in [0.1, 0.15) is 85.5 Å². The van der Waals surface area contributed by atoms with E-state index in [0.29, 0.717) is 48.7 Å². The minimum Gasteiger partial charge on any atom is -0.394 e. The number of aliphatic hydroxyl groups excluding tert-OH is 7. The molecular formula is C39H62O14. The van der Waals surface area contributed by atoms with E-state index in [2.05, 4.69) is 27.7 Å². The van der Waals surface area contributed by atoms with Gasteiger partial charge in [0, 0.05) is 24.7 Å². The molecule has 1 spiro atoms. The number of hydrogen-bond donors (Lipinski definition) is 7. The fourth-order valence-corrected chi connectivity index (χ4v) is 13.0. The van der Waals surface area contributed by atoms with Gasteiger partial charge in [-0.2, -0.15) is 0 Å². The van der Waals surface area contributed by atoms with E-state index in [1.54, 1.807) is 0 Å². The molecule has 0 amide bonds. The van der Waals surface area contributed by atoms with Gasteiger partial charge < -0.3 is 64.2 Å². The maximum atomic E-state index is 14.5. The molecule has 0 aromatic carbocycles. The van der Waals surface area contributed by atoms with Gasteiger partial charge in [-0.1, -0.05) is 27.7 Å². The Kier molecular flexibility index (Phi) is 10.5. The summed E-state index contributed by atoms with van der Waals surface area (Å²) in [5.74, 6) is 1.91. The lowest BCUT2D eigenvalue weighted by Gasteiger charge is -2.60. The van der Waals surface area contributed by atoms with Crippen LogP contribution < -0.4 is 0 Å². The molecule has 22 atom stereocenters. The van der Waals surface area contributed by atoms with Crippen LogP contribution in [0.25, 0.3) is 0 Å². The van der Waals surface area contributed by atoms with Crippen molar-refractivity contribution in [1.82, 2.24) is 0 Å². The van der Waals surface area contributed by atoms with Gasteiger partial charge in [0.15, 0.2) is 18.4 Å². The molecule has 8 fully saturated rings. The quantitative estimate of drug-likeness (QED) is 0.185. The van der Waals surface area contributed by atoms with Crippen LogP contribution in [-0.4, -0.2) is 141 Å². The lowest BCUT2D eigenvalue weighted by atomic mass is 9.44. The van der Waals surface area contributed by atoms with Crippen molar-refractivity contribution in [1.29, 1.82) is 0 Å². The summed E-state index contributed by atoms with van der Waals surface area (Å²) in [4.78, 5) is 14.5. The average Bonchev–Trinajstić information content (AvgIpc) is 3.57. The molecule has 14 heteroatoms. The van der Waals surface area contributed by atoms with E-state index in [1.807, 2.05) is 0 Å². The van der Waals surface area contributed by atoms with Crippen LogP contribution in [0.4, 0.5) is 0 Å². The second kappa shape index (κ2) is 14.2. The number of carbonyl (C=O) groups is 1. The highest BCUT2D eigenvalue weighted by molar-refractivity contribution is 5.84. The van der Waals surface area contributed by atoms with Crippen molar-refractivity contribution in [2.75, 3.05) is 19.8 Å².